The summed E-state index contributed by atoms with van der Waals surface area (Å²) < 4.78 is 0. The smallest absolute Gasteiger partial charge is 0.0429 e. The molecule has 17 heavy (non-hydrogen) atoms. The average Bonchev–Trinajstić information content (AvgIpc) is 2.89. The van der Waals surface area contributed by atoms with E-state index in [4.69, 9.17) is 5.73 Å². The maximum Gasteiger partial charge on any atom is 0.0429 e. The molecule has 0 bridgehead atoms. The highest BCUT2D eigenvalue weighted by Crippen LogP contribution is 2.42. The minimum atomic E-state index is 0.346. The van der Waals surface area contributed by atoms with E-state index in [0.29, 0.717) is 11.0 Å². The van der Waals surface area contributed by atoms with Crippen molar-refractivity contribution in [3.05, 3.63) is 0 Å². The topological polar surface area (TPSA) is 29.3 Å². The summed E-state index contributed by atoms with van der Waals surface area (Å²) in [5.41, 5.74) is 7.06. The first kappa shape index (κ1) is 13.7. The molecule has 0 aromatic rings. The Morgan fingerprint density at radius 3 is 2.18 bits per heavy atom. The van der Waals surface area contributed by atoms with Crippen LogP contribution < -0.4 is 5.73 Å². The van der Waals surface area contributed by atoms with Crippen LogP contribution in [0.3, 0.4) is 0 Å². The van der Waals surface area contributed by atoms with E-state index < -0.39 is 0 Å². The predicted octanol–water partition coefficient (Wildman–Crippen LogP) is 2.72. The molecular weight excluding hydrogens is 228 g/mol. The highest BCUT2D eigenvalue weighted by Gasteiger charge is 2.42. The Morgan fingerprint density at radius 1 is 1.12 bits per heavy atom. The fraction of sp³-hybridized carbons (Fsp3) is 1.00. The van der Waals surface area contributed by atoms with E-state index in [-0.39, 0.29) is 0 Å². The molecule has 0 saturated carbocycles. The van der Waals surface area contributed by atoms with Crippen molar-refractivity contribution in [1.82, 2.24) is 4.90 Å². The maximum absolute atomic E-state index is 6.08. The van der Waals surface area contributed by atoms with Gasteiger partial charge in [0.15, 0.2) is 0 Å². The third-order valence-corrected chi connectivity index (χ3v) is 6.69. The van der Waals surface area contributed by atoms with Gasteiger partial charge in [0.2, 0.25) is 0 Å². The van der Waals surface area contributed by atoms with Crippen molar-refractivity contribution in [2.24, 2.45) is 11.1 Å². The summed E-state index contributed by atoms with van der Waals surface area (Å²) in [5, 5.41) is 0. The Bertz CT molecular complexity index is 235. The lowest BCUT2D eigenvalue weighted by Crippen LogP contribution is -2.57. The predicted molar refractivity (Wildman–Crippen MR) is 77.5 cm³/mol. The molecule has 2 N–H and O–H groups in total. The molecule has 100 valence electrons. The van der Waals surface area contributed by atoms with Gasteiger partial charge in [0.25, 0.3) is 0 Å². The van der Waals surface area contributed by atoms with E-state index in [2.05, 4.69) is 30.5 Å². The van der Waals surface area contributed by atoms with E-state index in [1.807, 2.05) is 0 Å². The van der Waals surface area contributed by atoms with Gasteiger partial charge in [-0.1, -0.05) is 26.7 Å². The summed E-state index contributed by atoms with van der Waals surface area (Å²) >= 11 is 2.09. The molecule has 2 aliphatic rings. The number of hydrogen-bond donors (Lipinski definition) is 1. The van der Waals surface area contributed by atoms with Gasteiger partial charge in [-0.05, 0) is 43.5 Å². The maximum atomic E-state index is 6.08. The summed E-state index contributed by atoms with van der Waals surface area (Å²) in [6, 6.07) is 0. The van der Waals surface area contributed by atoms with E-state index in [1.165, 1.54) is 56.7 Å². The molecule has 0 spiro atoms. The third kappa shape index (κ3) is 2.52. The average molecular weight is 256 g/mol. The van der Waals surface area contributed by atoms with Gasteiger partial charge in [0.1, 0.15) is 0 Å². The molecule has 0 radical (unpaired) electrons. The van der Waals surface area contributed by atoms with Crippen LogP contribution in [0.5, 0.6) is 0 Å². The van der Waals surface area contributed by atoms with Gasteiger partial charge < -0.3 is 5.73 Å². The van der Waals surface area contributed by atoms with Crippen molar-refractivity contribution in [3.8, 4) is 0 Å². The zero-order chi connectivity index (χ0) is 12.4. The van der Waals surface area contributed by atoms with Crippen molar-refractivity contribution in [3.63, 3.8) is 0 Å². The summed E-state index contributed by atoms with van der Waals surface area (Å²) in [6.45, 7) is 8.14. The largest absolute Gasteiger partial charge is 0.329 e. The zero-order valence-corrected chi connectivity index (χ0v) is 12.3. The first-order valence-corrected chi connectivity index (χ1v) is 8.39. The van der Waals surface area contributed by atoms with Crippen molar-refractivity contribution < 1.29 is 0 Å². The molecule has 0 amide bonds. The van der Waals surface area contributed by atoms with Gasteiger partial charge in [-0.2, -0.15) is 11.8 Å². The number of thioether (sulfide) groups is 1. The van der Waals surface area contributed by atoms with Crippen LogP contribution in [-0.4, -0.2) is 41.6 Å². The first-order valence-electron chi connectivity index (χ1n) is 7.23. The summed E-state index contributed by atoms with van der Waals surface area (Å²) in [6.07, 6.45) is 6.77. The molecule has 3 heteroatoms. The molecule has 0 aromatic heterocycles. The lowest BCUT2D eigenvalue weighted by molar-refractivity contribution is 0.0285. The van der Waals surface area contributed by atoms with Crippen molar-refractivity contribution in [2.45, 2.75) is 51.5 Å². The number of nitrogens with zero attached hydrogens (tertiary/aromatic N) is 1. The quantitative estimate of drug-likeness (QED) is 0.838. The van der Waals surface area contributed by atoms with Crippen LogP contribution in [0, 0.1) is 5.41 Å². The summed E-state index contributed by atoms with van der Waals surface area (Å²) in [7, 11) is 0. The van der Waals surface area contributed by atoms with Gasteiger partial charge in [0.05, 0.1) is 0 Å². The summed E-state index contributed by atoms with van der Waals surface area (Å²) in [4.78, 5) is 2.72. The van der Waals surface area contributed by atoms with Gasteiger partial charge in [-0.25, -0.2) is 0 Å². The molecule has 2 nitrogen and oxygen atoms in total. The third-order valence-electron chi connectivity index (χ3n) is 5.46. The van der Waals surface area contributed by atoms with Crippen molar-refractivity contribution >= 4 is 11.8 Å². The number of piperidine rings is 1. The van der Waals surface area contributed by atoms with Crippen LogP contribution in [0.4, 0.5) is 0 Å². The fourth-order valence-corrected chi connectivity index (χ4v) is 5.04. The zero-order valence-electron chi connectivity index (χ0n) is 11.5. The van der Waals surface area contributed by atoms with E-state index in [1.54, 1.807) is 0 Å². The van der Waals surface area contributed by atoms with Crippen LogP contribution in [0.15, 0.2) is 0 Å². The second-order valence-corrected chi connectivity index (χ2v) is 7.03. The van der Waals surface area contributed by atoms with Gasteiger partial charge >= 0.3 is 0 Å². The monoisotopic (exact) mass is 256 g/mol. The van der Waals surface area contributed by atoms with Gasteiger partial charge in [0, 0.05) is 17.8 Å². The van der Waals surface area contributed by atoms with E-state index in [0.717, 1.165) is 6.54 Å². The van der Waals surface area contributed by atoms with Crippen molar-refractivity contribution in [1.29, 1.82) is 0 Å². The molecule has 1 atom stereocenters. The van der Waals surface area contributed by atoms with Gasteiger partial charge in [-0.3, -0.25) is 4.90 Å². The molecule has 2 heterocycles. The van der Waals surface area contributed by atoms with E-state index in [9.17, 15) is 0 Å². The molecule has 0 aliphatic carbocycles. The molecule has 2 rings (SSSR count). The lowest BCUT2D eigenvalue weighted by Gasteiger charge is -2.48. The molecule has 2 saturated heterocycles. The fourth-order valence-electron chi connectivity index (χ4n) is 3.55. The van der Waals surface area contributed by atoms with Crippen molar-refractivity contribution in [2.75, 3.05) is 31.1 Å². The molecular formula is C14H28N2S. The minimum Gasteiger partial charge on any atom is -0.329 e. The molecule has 2 aliphatic heterocycles. The lowest BCUT2D eigenvalue weighted by atomic mass is 9.73. The molecule has 2 fully saturated rings. The molecule has 1 unspecified atom stereocenters. The van der Waals surface area contributed by atoms with Crippen LogP contribution in [0.2, 0.25) is 0 Å². The highest BCUT2D eigenvalue weighted by atomic mass is 32.2. The Balaban J connectivity index is 1.98. The highest BCUT2D eigenvalue weighted by molar-refractivity contribution is 7.99. The van der Waals surface area contributed by atoms with Crippen LogP contribution in [-0.2, 0) is 0 Å². The number of nitrogens with two attached hydrogens (primary N) is 1. The first-order chi connectivity index (χ1) is 8.20. The Kier molecular flexibility index (Phi) is 4.43. The Labute approximate surface area is 111 Å². The molecule has 0 aromatic carbocycles. The minimum absolute atomic E-state index is 0.346. The normalized spacial score (nSPS) is 34.1. The van der Waals surface area contributed by atoms with Gasteiger partial charge in [-0.15, -0.1) is 0 Å². The number of likely N-dealkylation sites (tertiary alicyclic amines) is 1. The standard InChI is InChI=1S/C14H28N2S/c1-3-13(4-2)5-8-16(9-6-13)14(11-15)7-10-17-12-14/h3-12,15H2,1-2H3. The van der Waals surface area contributed by atoms with E-state index >= 15 is 0 Å². The Morgan fingerprint density at radius 2 is 1.76 bits per heavy atom. The number of rotatable bonds is 4. The van der Waals surface area contributed by atoms with Crippen LogP contribution in [0.1, 0.15) is 46.0 Å². The summed E-state index contributed by atoms with van der Waals surface area (Å²) in [5.74, 6) is 2.56. The number of hydrogen-bond acceptors (Lipinski definition) is 3. The van der Waals surface area contributed by atoms with Crippen LogP contribution in [0.25, 0.3) is 0 Å². The van der Waals surface area contributed by atoms with Crippen LogP contribution >= 0.6 is 11.8 Å². The Hall–Kier alpha value is 0.270. The SMILES string of the molecule is CCC1(CC)CCN(C2(CN)CCSC2)CC1. The second kappa shape index (κ2) is 5.50. The second-order valence-electron chi connectivity index (χ2n) is 5.93.